The minimum absolute atomic E-state index is 0.129. The van der Waals surface area contributed by atoms with E-state index < -0.39 is 0 Å². The van der Waals surface area contributed by atoms with Gasteiger partial charge in [-0.2, -0.15) is 0 Å². The maximum atomic E-state index is 5.68. The second-order valence-electron chi connectivity index (χ2n) is 14.9. The molecule has 248 valence electrons. The summed E-state index contributed by atoms with van der Waals surface area (Å²) in [7, 11) is 0. The lowest BCUT2D eigenvalue weighted by Crippen LogP contribution is -2.15. The van der Waals surface area contributed by atoms with Gasteiger partial charge < -0.3 is 0 Å². The minimum atomic E-state index is -0.129. The summed E-state index contributed by atoms with van der Waals surface area (Å²) < 4.78 is 4.89. The number of para-hydroxylation sites is 1. The lowest BCUT2D eigenvalue weighted by molar-refractivity contribution is 0.660. The first-order chi connectivity index (χ1) is 26.1. The third kappa shape index (κ3) is 3.83. The Hall–Kier alpha value is -6.36. The molecule has 0 aliphatic heterocycles. The zero-order valence-corrected chi connectivity index (χ0v) is 30.0. The molecule has 3 heterocycles. The van der Waals surface area contributed by atoms with Gasteiger partial charge in [-0.3, -0.25) is 4.57 Å². The van der Waals surface area contributed by atoms with Crippen LogP contribution in [-0.4, -0.2) is 14.5 Å². The molecule has 4 heteroatoms. The van der Waals surface area contributed by atoms with Gasteiger partial charge in [0, 0.05) is 42.6 Å². The first-order valence-corrected chi connectivity index (χ1v) is 19.1. The molecule has 0 unspecified atom stereocenters. The minimum Gasteiger partial charge on any atom is -0.276 e. The van der Waals surface area contributed by atoms with Crippen molar-refractivity contribution < 1.29 is 0 Å². The molecule has 0 fully saturated rings. The molecule has 11 aromatic rings. The second-order valence-corrected chi connectivity index (χ2v) is 16.0. The number of thiophene rings is 1. The predicted molar refractivity (Wildman–Crippen MR) is 225 cm³/mol. The van der Waals surface area contributed by atoms with Crippen molar-refractivity contribution in [2.24, 2.45) is 0 Å². The van der Waals surface area contributed by atoms with E-state index in [2.05, 4.69) is 170 Å². The molecule has 3 aromatic heterocycles. The Bertz CT molecular complexity index is 3380. The van der Waals surface area contributed by atoms with Gasteiger partial charge >= 0.3 is 0 Å². The largest absolute Gasteiger partial charge is 0.276 e. The molecule has 8 aromatic carbocycles. The van der Waals surface area contributed by atoms with Crippen LogP contribution >= 0.6 is 11.3 Å². The van der Waals surface area contributed by atoms with Gasteiger partial charge in [0.1, 0.15) is 0 Å². The van der Waals surface area contributed by atoms with Crippen LogP contribution in [0.5, 0.6) is 0 Å². The Morgan fingerprint density at radius 3 is 2.08 bits per heavy atom. The number of rotatable bonds is 2. The molecule has 1 aliphatic carbocycles. The van der Waals surface area contributed by atoms with Crippen molar-refractivity contribution in [3.8, 4) is 28.3 Å². The molecular weight excluding hydrogens is 663 g/mol. The van der Waals surface area contributed by atoms with Crippen molar-refractivity contribution in [2.75, 3.05) is 0 Å². The maximum Gasteiger partial charge on any atom is 0.235 e. The highest BCUT2D eigenvalue weighted by Crippen LogP contribution is 2.51. The van der Waals surface area contributed by atoms with Crippen molar-refractivity contribution in [1.29, 1.82) is 0 Å². The van der Waals surface area contributed by atoms with Crippen LogP contribution in [0.1, 0.15) is 25.0 Å². The number of hydrogen-bond donors (Lipinski definition) is 0. The number of fused-ring (bicyclic) bond motifs is 16. The van der Waals surface area contributed by atoms with Crippen LogP contribution in [0.15, 0.2) is 152 Å². The van der Waals surface area contributed by atoms with Crippen LogP contribution < -0.4 is 0 Å². The second kappa shape index (κ2) is 10.4. The Morgan fingerprint density at radius 2 is 1.21 bits per heavy atom. The molecule has 0 atom stereocenters. The van der Waals surface area contributed by atoms with Gasteiger partial charge in [-0.1, -0.05) is 141 Å². The molecule has 0 radical (unpaired) electrons. The number of benzene rings is 8. The molecule has 0 amide bonds. The number of aromatic nitrogens is 3. The van der Waals surface area contributed by atoms with E-state index in [1.807, 2.05) is 11.3 Å². The maximum absolute atomic E-state index is 5.68. The summed E-state index contributed by atoms with van der Waals surface area (Å²) in [6, 6.07) is 55.3. The van der Waals surface area contributed by atoms with Crippen molar-refractivity contribution in [3.63, 3.8) is 0 Å². The van der Waals surface area contributed by atoms with E-state index in [1.165, 1.54) is 69.4 Å². The molecule has 3 nitrogen and oxygen atoms in total. The summed E-state index contributed by atoms with van der Waals surface area (Å²) in [6.45, 7) is 4.69. The highest BCUT2D eigenvalue weighted by Gasteiger charge is 2.35. The summed E-state index contributed by atoms with van der Waals surface area (Å²) in [5.74, 6) is 0.686. The number of hydrogen-bond acceptors (Lipinski definition) is 3. The van der Waals surface area contributed by atoms with E-state index >= 15 is 0 Å². The van der Waals surface area contributed by atoms with Crippen molar-refractivity contribution in [2.45, 2.75) is 19.3 Å². The summed E-state index contributed by atoms with van der Waals surface area (Å²) in [5, 5.41) is 11.0. The first kappa shape index (κ1) is 29.2. The molecule has 1 aliphatic rings. The lowest BCUT2D eigenvalue weighted by atomic mass is 9.81. The topological polar surface area (TPSA) is 30.7 Å². The summed E-state index contributed by atoms with van der Waals surface area (Å²) in [4.78, 5) is 11.2. The molecule has 0 saturated heterocycles. The van der Waals surface area contributed by atoms with Crippen LogP contribution in [-0.2, 0) is 5.41 Å². The molecule has 53 heavy (non-hydrogen) atoms. The van der Waals surface area contributed by atoms with E-state index in [9.17, 15) is 0 Å². The fourth-order valence-corrected chi connectivity index (χ4v) is 10.6. The van der Waals surface area contributed by atoms with Gasteiger partial charge in [0.2, 0.25) is 5.95 Å². The quantitative estimate of drug-likeness (QED) is 0.169. The van der Waals surface area contributed by atoms with Gasteiger partial charge in [-0.05, 0) is 68.1 Å². The van der Waals surface area contributed by atoms with Gasteiger partial charge in [0.15, 0.2) is 0 Å². The fourth-order valence-electron chi connectivity index (χ4n) is 9.39. The molecular formula is C49H31N3S. The summed E-state index contributed by atoms with van der Waals surface area (Å²) in [5.41, 5.74) is 10.5. The van der Waals surface area contributed by atoms with Crippen molar-refractivity contribution in [3.05, 3.63) is 163 Å². The third-order valence-corrected chi connectivity index (χ3v) is 13.0. The van der Waals surface area contributed by atoms with E-state index in [0.29, 0.717) is 5.95 Å². The molecule has 0 bridgehead atoms. The van der Waals surface area contributed by atoms with E-state index in [1.54, 1.807) is 0 Å². The lowest BCUT2D eigenvalue weighted by Gasteiger charge is -2.22. The van der Waals surface area contributed by atoms with Crippen LogP contribution in [0.2, 0.25) is 0 Å². The molecule has 0 N–H and O–H groups in total. The van der Waals surface area contributed by atoms with Gasteiger partial charge in [-0.15, -0.1) is 11.3 Å². The smallest absolute Gasteiger partial charge is 0.235 e. The van der Waals surface area contributed by atoms with E-state index in [0.717, 1.165) is 38.6 Å². The summed E-state index contributed by atoms with van der Waals surface area (Å²) in [6.07, 6.45) is 0. The van der Waals surface area contributed by atoms with Crippen molar-refractivity contribution >= 4 is 85.8 Å². The molecule has 0 spiro atoms. The van der Waals surface area contributed by atoms with Gasteiger partial charge in [0.05, 0.1) is 26.9 Å². The monoisotopic (exact) mass is 693 g/mol. The van der Waals surface area contributed by atoms with Crippen LogP contribution in [0.3, 0.4) is 0 Å². The Labute approximate surface area is 309 Å². The average Bonchev–Trinajstić information content (AvgIpc) is 3.84. The Balaban J connectivity index is 1.24. The molecule has 0 saturated carbocycles. The van der Waals surface area contributed by atoms with Gasteiger partial charge in [-0.25, -0.2) is 9.97 Å². The molecule has 12 rings (SSSR count). The fraction of sp³-hybridized carbons (Fsp3) is 0.0612. The average molecular weight is 694 g/mol. The van der Waals surface area contributed by atoms with Crippen LogP contribution in [0.25, 0.3) is 103 Å². The standard InChI is InChI=1S/C49H31N3S/c1-49(2)37-20-10-7-15-31(37)32-25-23-29(27-38(32)49)45-44-30-14-4-3-13-28(30)24-26-39(44)50-48(51-45)52-40-21-11-8-18-35(40)42-33-16-5-6-17-34(33)43-36-19-9-12-22-41(36)53-47(43)46(42)52/h3-27H,1-2H3. The van der Waals surface area contributed by atoms with E-state index in [-0.39, 0.29) is 5.41 Å². The first-order valence-electron chi connectivity index (χ1n) is 18.3. The normalized spacial score (nSPS) is 13.6. The third-order valence-electron chi connectivity index (χ3n) is 11.8. The zero-order valence-electron chi connectivity index (χ0n) is 29.2. The Morgan fingerprint density at radius 1 is 0.528 bits per heavy atom. The predicted octanol–water partition coefficient (Wildman–Crippen LogP) is 13.4. The SMILES string of the molecule is CC1(C)c2ccccc2-c2ccc(-c3nc(-n4c5ccccc5c5c6ccccc6c6c7ccccc7sc6c54)nc4ccc5ccccc5c34)cc21. The highest BCUT2D eigenvalue weighted by atomic mass is 32.1. The zero-order chi connectivity index (χ0) is 35.0. The van der Waals surface area contributed by atoms with Gasteiger partial charge in [0.25, 0.3) is 0 Å². The summed E-state index contributed by atoms with van der Waals surface area (Å²) >= 11 is 1.87. The Kier molecular flexibility index (Phi) is 5.72. The van der Waals surface area contributed by atoms with Crippen LogP contribution in [0.4, 0.5) is 0 Å². The highest BCUT2D eigenvalue weighted by molar-refractivity contribution is 7.27. The number of nitrogens with zero attached hydrogens (tertiary/aromatic N) is 3. The van der Waals surface area contributed by atoms with Crippen LogP contribution in [0, 0.1) is 0 Å². The van der Waals surface area contributed by atoms with Crippen molar-refractivity contribution in [1.82, 2.24) is 14.5 Å². The van der Waals surface area contributed by atoms with E-state index in [4.69, 9.17) is 9.97 Å².